The largest absolute Gasteiger partial charge is 0.497 e. The first kappa shape index (κ1) is 23.3. The Labute approximate surface area is 199 Å². The van der Waals surface area contributed by atoms with Gasteiger partial charge in [0.15, 0.2) is 11.0 Å². The summed E-state index contributed by atoms with van der Waals surface area (Å²) >= 11 is 1.46. The van der Waals surface area contributed by atoms with E-state index >= 15 is 0 Å². The molecule has 174 valence electrons. The lowest BCUT2D eigenvalue weighted by Crippen LogP contribution is -2.44. The fourth-order valence-corrected chi connectivity index (χ4v) is 5.36. The molecule has 2 heterocycles. The number of hydrogen-bond donors (Lipinski definition) is 0. The lowest BCUT2D eigenvalue weighted by atomic mass is 9.94. The van der Waals surface area contributed by atoms with Crippen molar-refractivity contribution in [3.63, 3.8) is 0 Å². The summed E-state index contributed by atoms with van der Waals surface area (Å²) in [5.74, 6) is 1.66. The summed E-state index contributed by atoms with van der Waals surface area (Å²) in [5.41, 5.74) is 1.82. The number of carbonyl (C=O) groups excluding carboxylic acids is 1. The van der Waals surface area contributed by atoms with Crippen LogP contribution in [0.25, 0.3) is 17.1 Å². The number of rotatable bonds is 8. The van der Waals surface area contributed by atoms with Gasteiger partial charge in [0.05, 0.1) is 12.4 Å². The van der Waals surface area contributed by atoms with Crippen LogP contribution in [-0.4, -0.2) is 55.5 Å². The van der Waals surface area contributed by atoms with Crippen molar-refractivity contribution < 1.29 is 9.53 Å². The van der Waals surface area contributed by atoms with Crippen LogP contribution in [-0.2, 0) is 4.79 Å². The molecule has 4 rings (SSSR count). The smallest absolute Gasteiger partial charge is 0.236 e. The second-order valence-electron chi connectivity index (χ2n) is 8.25. The minimum absolute atomic E-state index is 0.171. The Kier molecular flexibility index (Phi) is 7.65. The van der Waals surface area contributed by atoms with Crippen LogP contribution in [0.1, 0.15) is 46.0 Å². The Morgan fingerprint density at radius 1 is 1.12 bits per heavy atom. The number of benzene rings is 1. The molecule has 33 heavy (non-hydrogen) atoms. The van der Waals surface area contributed by atoms with Crippen molar-refractivity contribution in [2.24, 2.45) is 0 Å². The summed E-state index contributed by atoms with van der Waals surface area (Å²) in [6.07, 6.45) is 9.37. The van der Waals surface area contributed by atoms with Crippen LogP contribution < -0.4 is 4.74 Å². The monoisotopic (exact) mass is 465 g/mol. The SMILES string of the molecule is CCN(C(=O)C(C)Sc1nnc(-c2ccncc2)n1-c1ccc(OC)cc1)C1CCCCC1. The molecule has 1 aliphatic carbocycles. The molecule has 0 saturated heterocycles. The highest BCUT2D eigenvalue weighted by Crippen LogP contribution is 2.32. The summed E-state index contributed by atoms with van der Waals surface area (Å²) in [6, 6.07) is 12.0. The number of amides is 1. The van der Waals surface area contributed by atoms with Crippen molar-refractivity contribution in [3.05, 3.63) is 48.8 Å². The van der Waals surface area contributed by atoms with Gasteiger partial charge in [-0.25, -0.2) is 0 Å². The molecule has 1 atom stereocenters. The standard InChI is InChI=1S/C25H31N5O2S/c1-4-29(20-8-6-5-7-9-20)24(31)18(2)33-25-28-27-23(19-14-16-26-17-15-19)30(25)21-10-12-22(32-3)13-11-21/h10-18,20H,4-9H2,1-3H3. The number of aromatic nitrogens is 4. The Bertz CT molecular complexity index is 1050. The van der Waals surface area contributed by atoms with Crippen molar-refractivity contribution in [2.45, 2.75) is 62.4 Å². The molecule has 1 saturated carbocycles. The van der Waals surface area contributed by atoms with E-state index in [1.54, 1.807) is 19.5 Å². The highest BCUT2D eigenvalue weighted by atomic mass is 32.2. The average Bonchev–Trinajstić information content (AvgIpc) is 3.29. The van der Waals surface area contributed by atoms with Crippen molar-refractivity contribution in [2.75, 3.05) is 13.7 Å². The van der Waals surface area contributed by atoms with Gasteiger partial charge in [0.2, 0.25) is 5.91 Å². The lowest BCUT2D eigenvalue weighted by molar-refractivity contribution is -0.133. The van der Waals surface area contributed by atoms with Crippen molar-refractivity contribution >= 4 is 17.7 Å². The Morgan fingerprint density at radius 2 is 1.82 bits per heavy atom. The molecule has 0 spiro atoms. The first-order chi connectivity index (χ1) is 16.1. The normalized spacial score (nSPS) is 15.2. The fourth-order valence-electron chi connectivity index (χ4n) is 4.43. The van der Waals surface area contributed by atoms with E-state index in [0.29, 0.717) is 17.0 Å². The summed E-state index contributed by atoms with van der Waals surface area (Å²) < 4.78 is 7.32. The predicted molar refractivity (Wildman–Crippen MR) is 131 cm³/mol. The average molecular weight is 466 g/mol. The maximum atomic E-state index is 13.4. The minimum Gasteiger partial charge on any atom is -0.497 e. The maximum Gasteiger partial charge on any atom is 0.236 e. The third-order valence-corrected chi connectivity index (χ3v) is 7.20. The highest BCUT2D eigenvalue weighted by molar-refractivity contribution is 8.00. The zero-order chi connectivity index (χ0) is 23.2. The number of thioether (sulfide) groups is 1. The molecule has 1 amide bonds. The van der Waals surface area contributed by atoms with Crippen LogP contribution in [0.5, 0.6) is 5.75 Å². The molecular weight excluding hydrogens is 434 g/mol. The van der Waals surface area contributed by atoms with Crippen molar-refractivity contribution in [3.8, 4) is 22.8 Å². The number of methoxy groups -OCH3 is 1. The van der Waals surface area contributed by atoms with Gasteiger partial charge in [-0.3, -0.25) is 14.3 Å². The summed E-state index contributed by atoms with van der Waals surface area (Å²) in [6.45, 7) is 4.78. The molecule has 1 unspecified atom stereocenters. The Morgan fingerprint density at radius 3 is 2.45 bits per heavy atom. The van der Waals surface area contributed by atoms with E-state index in [-0.39, 0.29) is 11.2 Å². The van der Waals surface area contributed by atoms with Gasteiger partial charge in [-0.1, -0.05) is 31.0 Å². The zero-order valence-corrected chi connectivity index (χ0v) is 20.3. The van der Waals surface area contributed by atoms with Crippen molar-refractivity contribution in [1.29, 1.82) is 0 Å². The van der Waals surface area contributed by atoms with Gasteiger partial charge in [-0.05, 0) is 63.1 Å². The molecule has 2 aromatic heterocycles. The first-order valence-electron chi connectivity index (χ1n) is 11.6. The van der Waals surface area contributed by atoms with Crippen LogP contribution in [0.3, 0.4) is 0 Å². The number of hydrogen-bond acceptors (Lipinski definition) is 6. The molecule has 3 aromatic rings. The quantitative estimate of drug-likeness (QED) is 0.436. The van der Waals surface area contributed by atoms with Gasteiger partial charge in [0.1, 0.15) is 5.75 Å². The summed E-state index contributed by atoms with van der Waals surface area (Å²) in [4.78, 5) is 19.6. The maximum absolute atomic E-state index is 13.4. The van der Waals surface area contributed by atoms with Gasteiger partial charge in [-0.15, -0.1) is 10.2 Å². The number of ether oxygens (including phenoxy) is 1. The van der Waals surface area contributed by atoms with Gasteiger partial charge < -0.3 is 9.64 Å². The van der Waals surface area contributed by atoms with E-state index in [1.807, 2.05) is 47.9 Å². The van der Waals surface area contributed by atoms with Crippen LogP contribution in [0, 0.1) is 0 Å². The van der Waals surface area contributed by atoms with Gasteiger partial charge in [0, 0.05) is 36.2 Å². The van der Waals surface area contributed by atoms with E-state index < -0.39 is 0 Å². The van der Waals surface area contributed by atoms with Crippen LogP contribution in [0.4, 0.5) is 0 Å². The minimum atomic E-state index is -0.265. The van der Waals surface area contributed by atoms with Gasteiger partial charge >= 0.3 is 0 Å². The molecular formula is C25H31N5O2S. The van der Waals surface area contributed by atoms with E-state index in [4.69, 9.17) is 4.74 Å². The summed E-state index contributed by atoms with van der Waals surface area (Å²) in [5, 5.41) is 9.39. The molecule has 7 nitrogen and oxygen atoms in total. The highest BCUT2D eigenvalue weighted by Gasteiger charge is 2.29. The second kappa shape index (κ2) is 10.8. The number of pyridine rings is 1. The van der Waals surface area contributed by atoms with Crippen molar-refractivity contribution in [1.82, 2.24) is 24.6 Å². The Hall–Kier alpha value is -2.87. The third kappa shape index (κ3) is 5.21. The number of carbonyl (C=O) groups is 1. The number of nitrogens with zero attached hydrogens (tertiary/aromatic N) is 5. The lowest BCUT2D eigenvalue weighted by Gasteiger charge is -2.35. The zero-order valence-electron chi connectivity index (χ0n) is 19.5. The molecule has 0 radical (unpaired) electrons. The molecule has 0 N–H and O–H groups in total. The molecule has 0 bridgehead atoms. The third-order valence-electron chi connectivity index (χ3n) is 6.17. The van der Waals surface area contributed by atoms with E-state index in [1.165, 1.54) is 31.0 Å². The van der Waals surface area contributed by atoms with E-state index in [9.17, 15) is 4.79 Å². The molecule has 8 heteroatoms. The van der Waals surface area contributed by atoms with Crippen LogP contribution >= 0.6 is 11.8 Å². The van der Waals surface area contributed by atoms with Gasteiger partial charge in [-0.2, -0.15) is 0 Å². The van der Waals surface area contributed by atoms with Crippen LogP contribution in [0.2, 0.25) is 0 Å². The second-order valence-corrected chi connectivity index (χ2v) is 9.56. The molecule has 1 fully saturated rings. The Balaban J connectivity index is 1.64. The fraction of sp³-hybridized carbons (Fsp3) is 0.440. The topological polar surface area (TPSA) is 73.1 Å². The first-order valence-corrected chi connectivity index (χ1v) is 12.5. The summed E-state index contributed by atoms with van der Waals surface area (Å²) in [7, 11) is 1.65. The molecule has 1 aliphatic rings. The molecule has 0 aliphatic heterocycles. The predicted octanol–water partition coefficient (Wildman–Crippen LogP) is 5.00. The van der Waals surface area contributed by atoms with Crippen LogP contribution in [0.15, 0.2) is 53.9 Å². The van der Waals surface area contributed by atoms with E-state index in [2.05, 4.69) is 27.0 Å². The van der Waals surface area contributed by atoms with E-state index in [0.717, 1.165) is 36.4 Å². The molecule has 1 aromatic carbocycles. The van der Waals surface area contributed by atoms with Gasteiger partial charge in [0.25, 0.3) is 0 Å².